The van der Waals surface area contributed by atoms with E-state index in [2.05, 4.69) is 20.0 Å². The minimum atomic E-state index is -4.76. The smallest absolute Gasteiger partial charge is 0.406 e. The average Bonchev–Trinajstić information content (AvgIpc) is 2.70. The Hall–Kier alpha value is -3.42. The summed E-state index contributed by atoms with van der Waals surface area (Å²) in [6.45, 7) is 5.81. The second-order valence-corrected chi connectivity index (χ2v) is 5.63. The van der Waals surface area contributed by atoms with Crippen molar-refractivity contribution >= 4 is 11.7 Å². The SMILES string of the molecule is CC.Cc1ccccc1C(=O)Nc1ncncc1-c1ccc(OC(F)(F)F)cc1. The lowest BCUT2D eigenvalue weighted by Crippen LogP contribution is -2.17. The number of anilines is 1. The molecular formula is C21H20F3N3O2. The van der Waals surface area contributed by atoms with Gasteiger partial charge in [0, 0.05) is 17.3 Å². The van der Waals surface area contributed by atoms with Crippen molar-refractivity contribution < 1.29 is 22.7 Å². The highest BCUT2D eigenvalue weighted by Gasteiger charge is 2.31. The van der Waals surface area contributed by atoms with Gasteiger partial charge in [0.2, 0.25) is 0 Å². The van der Waals surface area contributed by atoms with Crippen molar-refractivity contribution in [1.82, 2.24) is 9.97 Å². The number of alkyl halides is 3. The maximum atomic E-state index is 12.5. The van der Waals surface area contributed by atoms with E-state index < -0.39 is 6.36 Å². The van der Waals surface area contributed by atoms with Crippen molar-refractivity contribution in [2.75, 3.05) is 5.32 Å². The first-order valence-electron chi connectivity index (χ1n) is 8.86. The summed E-state index contributed by atoms with van der Waals surface area (Å²) in [5.41, 5.74) is 2.30. The summed E-state index contributed by atoms with van der Waals surface area (Å²) in [5.74, 6) is -0.429. The van der Waals surface area contributed by atoms with Gasteiger partial charge in [0.15, 0.2) is 0 Å². The van der Waals surface area contributed by atoms with Crippen LogP contribution in [0.25, 0.3) is 11.1 Å². The average molecular weight is 403 g/mol. The van der Waals surface area contributed by atoms with Crippen LogP contribution in [0.1, 0.15) is 29.8 Å². The van der Waals surface area contributed by atoms with Crippen LogP contribution < -0.4 is 10.1 Å². The number of halogens is 3. The Labute approximate surface area is 166 Å². The topological polar surface area (TPSA) is 64.1 Å². The molecule has 0 aliphatic heterocycles. The van der Waals surface area contributed by atoms with Crippen LogP contribution in [0.2, 0.25) is 0 Å². The summed E-state index contributed by atoms with van der Waals surface area (Å²) < 4.78 is 40.7. The molecule has 1 aromatic heterocycles. The van der Waals surface area contributed by atoms with Gasteiger partial charge in [-0.25, -0.2) is 9.97 Å². The van der Waals surface area contributed by atoms with Gasteiger partial charge in [-0.2, -0.15) is 0 Å². The van der Waals surface area contributed by atoms with Gasteiger partial charge < -0.3 is 10.1 Å². The standard InChI is InChI=1S/C19H14F3N3O2.C2H6/c1-12-4-2-3-5-15(12)18(26)25-17-16(10-23-11-24-17)13-6-8-14(9-7-13)27-19(20,21)22;1-2/h2-11H,1H3,(H,23,24,25,26);1-2H3. The van der Waals surface area contributed by atoms with E-state index in [0.29, 0.717) is 16.7 Å². The molecule has 5 nitrogen and oxygen atoms in total. The quantitative estimate of drug-likeness (QED) is 0.613. The molecule has 0 aliphatic rings. The molecular weight excluding hydrogens is 383 g/mol. The van der Waals surface area contributed by atoms with E-state index in [4.69, 9.17) is 0 Å². The number of amides is 1. The zero-order chi connectivity index (χ0) is 21.4. The van der Waals surface area contributed by atoms with Gasteiger partial charge in [-0.1, -0.05) is 44.2 Å². The number of rotatable bonds is 4. The van der Waals surface area contributed by atoms with E-state index in [9.17, 15) is 18.0 Å². The molecule has 0 saturated carbocycles. The van der Waals surface area contributed by atoms with Gasteiger partial charge in [0.25, 0.3) is 5.91 Å². The monoisotopic (exact) mass is 403 g/mol. The maximum absolute atomic E-state index is 12.5. The summed E-state index contributed by atoms with van der Waals surface area (Å²) in [5, 5.41) is 2.72. The van der Waals surface area contributed by atoms with Crippen LogP contribution >= 0.6 is 0 Å². The molecule has 1 heterocycles. The number of hydrogen-bond acceptors (Lipinski definition) is 4. The van der Waals surface area contributed by atoms with Crippen molar-refractivity contribution in [2.45, 2.75) is 27.1 Å². The van der Waals surface area contributed by atoms with Gasteiger partial charge in [0.05, 0.1) is 0 Å². The van der Waals surface area contributed by atoms with Crippen molar-refractivity contribution in [3.8, 4) is 16.9 Å². The summed E-state index contributed by atoms with van der Waals surface area (Å²) >= 11 is 0. The third-order valence-corrected chi connectivity index (χ3v) is 3.73. The largest absolute Gasteiger partial charge is 0.573 e. The number of carbonyl (C=O) groups is 1. The molecule has 0 saturated heterocycles. The van der Waals surface area contributed by atoms with Crippen LogP contribution in [0, 0.1) is 6.92 Å². The third kappa shape index (κ3) is 6.03. The Morgan fingerprint density at radius 3 is 2.31 bits per heavy atom. The van der Waals surface area contributed by atoms with Gasteiger partial charge in [-0.05, 0) is 36.2 Å². The van der Waals surface area contributed by atoms with Crippen molar-refractivity contribution in [1.29, 1.82) is 0 Å². The number of aromatic nitrogens is 2. The lowest BCUT2D eigenvalue weighted by Gasteiger charge is -2.12. The number of benzene rings is 2. The molecule has 3 rings (SSSR count). The molecule has 8 heteroatoms. The van der Waals surface area contributed by atoms with Crippen LogP contribution in [0.5, 0.6) is 5.75 Å². The molecule has 0 fully saturated rings. The summed E-state index contributed by atoms with van der Waals surface area (Å²) in [7, 11) is 0. The number of nitrogens with one attached hydrogen (secondary N) is 1. The lowest BCUT2D eigenvalue weighted by molar-refractivity contribution is -0.274. The van der Waals surface area contributed by atoms with E-state index in [1.54, 1.807) is 12.1 Å². The highest BCUT2D eigenvalue weighted by Crippen LogP contribution is 2.29. The van der Waals surface area contributed by atoms with Gasteiger partial charge >= 0.3 is 6.36 Å². The van der Waals surface area contributed by atoms with Crippen LogP contribution in [-0.4, -0.2) is 22.2 Å². The zero-order valence-electron chi connectivity index (χ0n) is 16.1. The number of hydrogen-bond donors (Lipinski definition) is 1. The van der Waals surface area contributed by atoms with Crippen LogP contribution in [0.4, 0.5) is 19.0 Å². The fourth-order valence-corrected chi connectivity index (χ4v) is 2.48. The molecule has 0 atom stereocenters. The van der Waals surface area contributed by atoms with E-state index in [0.717, 1.165) is 5.56 Å². The summed E-state index contributed by atoms with van der Waals surface area (Å²) in [4.78, 5) is 20.5. The highest BCUT2D eigenvalue weighted by atomic mass is 19.4. The molecule has 0 unspecified atom stereocenters. The first-order chi connectivity index (χ1) is 13.8. The number of carbonyl (C=O) groups excluding carboxylic acids is 1. The Kier molecular flexibility index (Phi) is 7.30. The summed E-state index contributed by atoms with van der Waals surface area (Å²) in [6.07, 6.45) is -2.01. The van der Waals surface area contributed by atoms with Gasteiger partial charge in [-0.15, -0.1) is 13.2 Å². The first-order valence-corrected chi connectivity index (χ1v) is 8.86. The predicted octanol–water partition coefficient (Wildman–Crippen LogP) is 5.63. The molecule has 0 bridgehead atoms. The van der Waals surface area contributed by atoms with Crippen LogP contribution in [-0.2, 0) is 0 Å². The molecule has 1 amide bonds. The van der Waals surface area contributed by atoms with Gasteiger partial charge in [-0.3, -0.25) is 4.79 Å². The third-order valence-electron chi connectivity index (χ3n) is 3.73. The number of ether oxygens (including phenoxy) is 1. The fourth-order valence-electron chi connectivity index (χ4n) is 2.48. The minimum Gasteiger partial charge on any atom is -0.406 e. The molecule has 2 aromatic carbocycles. The number of aryl methyl sites for hydroxylation is 1. The maximum Gasteiger partial charge on any atom is 0.573 e. The van der Waals surface area contributed by atoms with E-state index >= 15 is 0 Å². The zero-order valence-corrected chi connectivity index (χ0v) is 16.1. The van der Waals surface area contributed by atoms with E-state index in [1.807, 2.05) is 32.9 Å². The Bertz CT molecular complexity index is 958. The highest BCUT2D eigenvalue weighted by molar-refractivity contribution is 6.06. The Morgan fingerprint density at radius 1 is 1.03 bits per heavy atom. The van der Waals surface area contributed by atoms with Crippen molar-refractivity contribution in [3.63, 3.8) is 0 Å². The molecule has 3 aromatic rings. The van der Waals surface area contributed by atoms with Crippen molar-refractivity contribution in [3.05, 3.63) is 72.2 Å². The van der Waals surface area contributed by atoms with Gasteiger partial charge in [0.1, 0.15) is 17.9 Å². The van der Waals surface area contributed by atoms with Crippen molar-refractivity contribution in [2.24, 2.45) is 0 Å². The first kappa shape index (κ1) is 21.9. The second kappa shape index (κ2) is 9.68. The molecule has 29 heavy (non-hydrogen) atoms. The Morgan fingerprint density at radius 2 is 1.69 bits per heavy atom. The molecule has 0 aliphatic carbocycles. The number of nitrogens with zero attached hydrogens (tertiary/aromatic N) is 2. The summed E-state index contributed by atoms with van der Waals surface area (Å²) in [6, 6.07) is 12.3. The van der Waals surface area contributed by atoms with E-state index in [1.165, 1.54) is 36.8 Å². The minimum absolute atomic E-state index is 0.253. The lowest BCUT2D eigenvalue weighted by atomic mass is 10.1. The van der Waals surface area contributed by atoms with Crippen LogP contribution in [0.3, 0.4) is 0 Å². The fraction of sp³-hybridized carbons (Fsp3) is 0.190. The second-order valence-electron chi connectivity index (χ2n) is 5.63. The predicted molar refractivity (Wildman–Crippen MR) is 105 cm³/mol. The molecule has 0 radical (unpaired) electrons. The molecule has 0 spiro atoms. The molecule has 152 valence electrons. The normalized spacial score (nSPS) is 10.6. The van der Waals surface area contributed by atoms with Crippen LogP contribution in [0.15, 0.2) is 61.1 Å². The molecule has 1 N–H and O–H groups in total. The van der Waals surface area contributed by atoms with E-state index in [-0.39, 0.29) is 17.5 Å². The Balaban J connectivity index is 0.00000145.